The number of rotatable bonds is 3. The first kappa shape index (κ1) is 15.9. The predicted molar refractivity (Wildman–Crippen MR) is 98.0 cm³/mol. The van der Waals surface area contributed by atoms with Crippen molar-refractivity contribution in [3.8, 4) is 16.9 Å². The van der Waals surface area contributed by atoms with E-state index in [2.05, 4.69) is 21.0 Å². The van der Waals surface area contributed by atoms with Crippen LogP contribution < -0.4 is 0 Å². The summed E-state index contributed by atoms with van der Waals surface area (Å²) in [5.74, 6) is -0.0971. The highest BCUT2D eigenvalue weighted by molar-refractivity contribution is 9.10. The van der Waals surface area contributed by atoms with Gasteiger partial charge in [-0.1, -0.05) is 40.2 Å². The third-order valence-electron chi connectivity index (χ3n) is 4.39. The number of fused-ring (bicyclic) bond motifs is 1. The Bertz CT molecular complexity index is 963. The van der Waals surface area contributed by atoms with E-state index in [4.69, 9.17) is 0 Å². The van der Waals surface area contributed by atoms with E-state index in [-0.39, 0.29) is 11.7 Å². The quantitative estimate of drug-likeness (QED) is 0.732. The molecule has 6 heteroatoms. The predicted octanol–water partition coefficient (Wildman–Crippen LogP) is 3.71. The second-order valence-corrected chi connectivity index (χ2v) is 7.14. The monoisotopic (exact) mass is 397 g/mol. The number of carbonyl (C=O) groups excluding carboxylic acids is 1. The summed E-state index contributed by atoms with van der Waals surface area (Å²) in [7, 11) is 1.89. The lowest BCUT2D eigenvalue weighted by Crippen LogP contribution is -2.23. The van der Waals surface area contributed by atoms with Gasteiger partial charge in [0.25, 0.3) is 5.91 Å². The van der Waals surface area contributed by atoms with Crippen molar-refractivity contribution in [1.29, 1.82) is 0 Å². The molecule has 5 nitrogen and oxygen atoms in total. The number of phenolic OH excluding ortho intramolecular Hbond substituents is 1. The lowest BCUT2D eigenvalue weighted by molar-refractivity contribution is 0.0764. The van der Waals surface area contributed by atoms with Crippen LogP contribution in [0.2, 0.25) is 0 Å². The molecule has 0 fully saturated rings. The summed E-state index contributed by atoms with van der Waals surface area (Å²) in [6.07, 6.45) is 3.80. The fourth-order valence-corrected chi connectivity index (χ4v) is 3.67. The Morgan fingerprint density at radius 1 is 1.20 bits per heavy atom. The van der Waals surface area contributed by atoms with Crippen molar-refractivity contribution in [2.75, 3.05) is 0 Å². The minimum Gasteiger partial charge on any atom is -0.507 e. The third-order valence-corrected chi connectivity index (χ3v) is 4.85. The zero-order valence-corrected chi connectivity index (χ0v) is 15.2. The number of phenols is 1. The smallest absolute Gasteiger partial charge is 0.258 e. The van der Waals surface area contributed by atoms with Crippen LogP contribution in [-0.4, -0.2) is 25.7 Å². The third kappa shape index (κ3) is 2.93. The largest absolute Gasteiger partial charge is 0.507 e. The molecule has 1 aliphatic rings. The molecule has 2 heterocycles. The van der Waals surface area contributed by atoms with Crippen LogP contribution in [0.4, 0.5) is 0 Å². The van der Waals surface area contributed by atoms with Crippen LogP contribution in [0.15, 0.2) is 53.3 Å². The lowest BCUT2D eigenvalue weighted by atomic mass is 10.1. The molecule has 0 atom stereocenters. The highest BCUT2D eigenvalue weighted by Crippen LogP contribution is 2.34. The van der Waals surface area contributed by atoms with Gasteiger partial charge >= 0.3 is 0 Å². The molecule has 1 amide bonds. The van der Waals surface area contributed by atoms with Crippen molar-refractivity contribution in [2.45, 2.75) is 13.1 Å². The van der Waals surface area contributed by atoms with Gasteiger partial charge in [0.1, 0.15) is 5.75 Å². The van der Waals surface area contributed by atoms with E-state index in [9.17, 15) is 9.90 Å². The molecule has 0 radical (unpaired) electrons. The second-order valence-electron chi connectivity index (χ2n) is 6.22. The number of aromatic hydroxyl groups is 1. The molecule has 126 valence electrons. The van der Waals surface area contributed by atoms with E-state index >= 15 is 0 Å². The van der Waals surface area contributed by atoms with Crippen molar-refractivity contribution in [3.63, 3.8) is 0 Å². The van der Waals surface area contributed by atoms with Gasteiger partial charge in [-0.2, -0.15) is 5.10 Å². The Balaban J connectivity index is 1.53. The molecule has 0 spiro atoms. The van der Waals surface area contributed by atoms with Gasteiger partial charge < -0.3 is 10.0 Å². The summed E-state index contributed by atoms with van der Waals surface area (Å²) in [5, 5.41) is 14.2. The van der Waals surface area contributed by atoms with Crippen molar-refractivity contribution < 1.29 is 9.90 Å². The molecule has 0 aliphatic carbocycles. The van der Waals surface area contributed by atoms with Crippen LogP contribution in [0.5, 0.6) is 5.75 Å². The lowest BCUT2D eigenvalue weighted by Gasteiger charge is -2.15. The van der Waals surface area contributed by atoms with E-state index in [0.717, 1.165) is 26.7 Å². The molecule has 2 aromatic carbocycles. The zero-order chi connectivity index (χ0) is 17.6. The molecule has 0 unspecified atom stereocenters. The van der Waals surface area contributed by atoms with E-state index in [0.29, 0.717) is 18.7 Å². The average molecular weight is 398 g/mol. The fraction of sp³-hybridized carbons (Fsp3) is 0.158. The second kappa shape index (κ2) is 6.04. The Kier molecular flexibility index (Phi) is 3.84. The molecule has 4 rings (SSSR count). The SMILES string of the molecule is Cn1cc(-c2ccc(CN3Cc4cc(Br)cc(O)c4C3=O)cc2)cn1. The van der Waals surface area contributed by atoms with Gasteiger partial charge in [0.2, 0.25) is 0 Å². The molecule has 0 bridgehead atoms. The molecular formula is C19H16BrN3O2. The molecule has 0 saturated heterocycles. The van der Waals surface area contributed by atoms with Crippen LogP contribution in [0.3, 0.4) is 0 Å². The number of carbonyl (C=O) groups is 1. The Hall–Kier alpha value is -2.60. The number of nitrogens with zero attached hydrogens (tertiary/aromatic N) is 3. The van der Waals surface area contributed by atoms with Crippen molar-refractivity contribution >= 4 is 21.8 Å². The minimum atomic E-state index is -0.128. The van der Waals surface area contributed by atoms with E-state index in [1.54, 1.807) is 15.6 Å². The molecule has 1 aromatic heterocycles. The summed E-state index contributed by atoms with van der Waals surface area (Å²) in [6.45, 7) is 1.02. The van der Waals surface area contributed by atoms with Crippen molar-refractivity contribution in [1.82, 2.24) is 14.7 Å². The number of halogens is 1. The number of aryl methyl sites for hydroxylation is 1. The topological polar surface area (TPSA) is 58.4 Å². The number of hydrogen-bond donors (Lipinski definition) is 1. The van der Waals surface area contributed by atoms with Gasteiger partial charge in [-0.05, 0) is 28.8 Å². The zero-order valence-electron chi connectivity index (χ0n) is 13.6. The van der Waals surface area contributed by atoms with Gasteiger partial charge in [-0.25, -0.2) is 0 Å². The van der Waals surface area contributed by atoms with E-state index in [1.165, 1.54) is 0 Å². The molecule has 0 saturated carbocycles. The molecule has 1 N–H and O–H groups in total. The van der Waals surface area contributed by atoms with Crippen LogP contribution in [0.25, 0.3) is 11.1 Å². The maximum absolute atomic E-state index is 12.6. The first-order chi connectivity index (χ1) is 12.0. The van der Waals surface area contributed by atoms with Crippen LogP contribution >= 0.6 is 15.9 Å². The fourth-order valence-electron chi connectivity index (χ4n) is 3.18. The first-order valence-electron chi connectivity index (χ1n) is 7.90. The summed E-state index contributed by atoms with van der Waals surface area (Å²) >= 11 is 3.36. The van der Waals surface area contributed by atoms with E-state index in [1.807, 2.05) is 49.8 Å². The Labute approximate surface area is 153 Å². The molecular weight excluding hydrogens is 382 g/mol. The normalized spacial score (nSPS) is 13.4. The van der Waals surface area contributed by atoms with Crippen molar-refractivity contribution in [2.24, 2.45) is 7.05 Å². The molecule has 3 aromatic rings. The number of aromatic nitrogens is 2. The average Bonchev–Trinajstić information content (AvgIpc) is 3.12. The van der Waals surface area contributed by atoms with Crippen LogP contribution in [0.1, 0.15) is 21.5 Å². The summed E-state index contributed by atoms with van der Waals surface area (Å²) < 4.78 is 2.55. The first-order valence-corrected chi connectivity index (χ1v) is 8.69. The maximum atomic E-state index is 12.6. The van der Waals surface area contributed by atoms with Gasteiger partial charge in [0.05, 0.1) is 11.8 Å². The summed E-state index contributed by atoms with van der Waals surface area (Å²) in [4.78, 5) is 14.3. The van der Waals surface area contributed by atoms with Crippen LogP contribution in [0, 0.1) is 0 Å². The highest BCUT2D eigenvalue weighted by atomic mass is 79.9. The van der Waals surface area contributed by atoms with Gasteiger partial charge in [-0.3, -0.25) is 9.48 Å². The molecule has 1 aliphatic heterocycles. The Morgan fingerprint density at radius 2 is 1.96 bits per heavy atom. The number of benzene rings is 2. The standard InChI is InChI=1S/C19H16BrN3O2/c1-22-10-15(8-21-22)13-4-2-12(3-5-13)9-23-11-14-6-16(20)7-17(24)18(14)19(23)25/h2-8,10,24H,9,11H2,1H3. The Morgan fingerprint density at radius 3 is 2.64 bits per heavy atom. The number of amides is 1. The summed E-state index contributed by atoms with van der Waals surface area (Å²) in [6, 6.07) is 11.6. The van der Waals surface area contributed by atoms with Crippen molar-refractivity contribution in [3.05, 3.63) is 70.0 Å². The van der Waals surface area contributed by atoms with Gasteiger partial charge in [0, 0.05) is 36.4 Å². The maximum Gasteiger partial charge on any atom is 0.258 e. The van der Waals surface area contributed by atoms with Crippen LogP contribution in [-0.2, 0) is 20.1 Å². The van der Waals surface area contributed by atoms with E-state index < -0.39 is 0 Å². The van der Waals surface area contributed by atoms with Gasteiger partial charge in [-0.15, -0.1) is 0 Å². The number of hydrogen-bond acceptors (Lipinski definition) is 3. The van der Waals surface area contributed by atoms with Gasteiger partial charge in [0.15, 0.2) is 0 Å². The summed E-state index contributed by atoms with van der Waals surface area (Å²) in [5.41, 5.74) is 4.47. The highest BCUT2D eigenvalue weighted by Gasteiger charge is 2.30. The molecule has 25 heavy (non-hydrogen) atoms. The minimum absolute atomic E-state index is 0.0313.